The molecule has 4 aromatic carbocycles. The standard InChI is InChI=1S/C35H26I2N2O3S/c1-41-26-12-7-11-23(17-26)32-28-15-14-22-10-5-6-13-27(22)31(28)38-35-39(32)34(40)30(43-35)18-24-16-25(36)19-29(37)33(24)42-20-21-8-3-2-4-9-21/h2-13,16-19,32H,14-15,20H2,1H3/b30-18-/t32-/m0/s1. The first-order valence-corrected chi connectivity index (χ1v) is 16.9. The van der Waals surface area contributed by atoms with Gasteiger partial charge in [0.05, 0.1) is 27.0 Å². The zero-order valence-corrected chi connectivity index (χ0v) is 28.4. The molecule has 1 aromatic heterocycles. The van der Waals surface area contributed by atoms with Crippen molar-refractivity contribution in [3.05, 3.63) is 151 Å². The molecule has 1 aliphatic carbocycles. The van der Waals surface area contributed by atoms with Gasteiger partial charge >= 0.3 is 0 Å². The third-order valence-electron chi connectivity index (χ3n) is 7.83. The zero-order valence-electron chi connectivity index (χ0n) is 23.2. The van der Waals surface area contributed by atoms with Crippen molar-refractivity contribution >= 4 is 68.3 Å². The van der Waals surface area contributed by atoms with Crippen LogP contribution in [0, 0.1) is 7.14 Å². The van der Waals surface area contributed by atoms with Crippen LogP contribution in [0.4, 0.5) is 0 Å². The zero-order chi connectivity index (χ0) is 29.5. The maximum Gasteiger partial charge on any atom is 0.271 e. The molecule has 0 radical (unpaired) electrons. The van der Waals surface area contributed by atoms with Crippen LogP contribution in [0.5, 0.6) is 11.5 Å². The molecule has 0 amide bonds. The molecule has 214 valence electrons. The average molecular weight is 808 g/mol. The minimum absolute atomic E-state index is 0.0511. The number of halogens is 2. The summed E-state index contributed by atoms with van der Waals surface area (Å²) in [6, 6.07) is 30.5. The van der Waals surface area contributed by atoms with Gasteiger partial charge in [-0.3, -0.25) is 9.36 Å². The summed E-state index contributed by atoms with van der Waals surface area (Å²) >= 11 is 6.07. The van der Waals surface area contributed by atoms with Crippen molar-refractivity contribution in [3.63, 3.8) is 0 Å². The molecule has 0 N–H and O–H groups in total. The number of aryl methyl sites for hydroxylation is 1. The number of hydrogen-bond donors (Lipinski definition) is 0. The Kier molecular flexibility index (Phi) is 8.00. The van der Waals surface area contributed by atoms with Gasteiger partial charge in [-0.15, -0.1) is 0 Å². The molecule has 43 heavy (non-hydrogen) atoms. The van der Waals surface area contributed by atoms with Crippen LogP contribution in [0.15, 0.2) is 106 Å². The van der Waals surface area contributed by atoms with E-state index in [1.807, 2.05) is 47.0 Å². The Morgan fingerprint density at radius 1 is 0.977 bits per heavy atom. The highest BCUT2D eigenvalue weighted by atomic mass is 127. The van der Waals surface area contributed by atoms with E-state index < -0.39 is 0 Å². The minimum atomic E-state index is -0.262. The van der Waals surface area contributed by atoms with E-state index in [4.69, 9.17) is 14.5 Å². The largest absolute Gasteiger partial charge is 0.497 e. The maximum absolute atomic E-state index is 14.3. The number of fused-ring (bicyclic) bond motifs is 3. The molecule has 5 nitrogen and oxygen atoms in total. The number of allylic oxidation sites excluding steroid dienone is 1. The van der Waals surface area contributed by atoms with Crippen LogP contribution in [-0.2, 0) is 13.0 Å². The summed E-state index contributed by atoms with van der Waals surface area (Å²) in [5.74, 6) is 1.54. The molecule has 0 saturated carbocycles. The fourth-order valence-corrected chi connectivity index (χ4v) is 8.88. The van der Waals surface area contributed by atoms with Gasteiger partial charge < -0.3 is 9.47 Å². The predicted molar refractivity (Wildman–Crippen MR) is 188 cm³/mol. The fourth-order valence-electron chi connectivity index (χ4n) is 5.84. The van der Waals surface area contributed by atoms with Gasteiger partial charge in [-0.1, -0.05) is 78.1 Å². The number of nitrogens with zero attached hydrogens (tertiary/aromatic N) is 2. The molecule has 0 spiro atoms. The molecule has 1 aliphatic heterocycles. The molecule has 0 unspecified atom stereocenters. The molecule has 1 atom stereocenters. The number of benzene rings is 4. The molecule has 2 heterocycles. The Hall–Kier alpha value is -3.22. The van der Waals surface area contributed by atoms with E-state index in [0.717, 1.165) is 59.4 Å². The fraction of sp³-hybridized carbons (Fsp3) is 0.143. The average Bonchev–Trinajstić information content (AvgIpc) is 3.33. The SMILES string of the molecule is COc1cccc([C@H]2C3=C(N=c4s/c(=C\c5cc(I)cc(I)c5OCc5ccccc5)c(=O)n42)c2ccccc2CC3)c1. The summed E-state index contributed by atoms with van der Waals surface area (Å²) in [4.78, 5) is 20.2. The Morgan fingerprint density at radius 3 is 2.63 bits per heavy atom. The topological polar surface area (TPSA) is 52.8 Å². The van der Waals surface area contributed by atoms with E-state index in [9.17, 15) is 4.79 Å². The second-order valence-electron chi connectivity index (χ2n) is 10.5. The van der Waals surface area contributed by atoms with E-state index in [2.05, 4.69) is 99.8 Å². The van der Waals surface area contributed by atoms with Gasteiger partial charge in [0.25, 0.3) is 5.56 Å². The number of hydrogen-bond acceptors (Lipinski definition) is 5. The van der Waals surface area contributed by atoms with Gasteiger partial charge in [0.15, 0.2) is 4.80 Å². The second-order valence-corrected chi connectivity index (χ2v) is 13.9. The molecule has 0 bridgehead atoms. The molecular formula is C35H26I2N2O3S. The highest BCUT2D eigenvalue weighted by Gasteiger charge is 2.32. The van der Waals surface area contributed by atoms with Gasteiger partial charge in [-0.2, -0.15) is 0 Å². The molecule has 0 saturated heterocycles. The first kappa shape index (κ1) is 28.5. The Balaban J connectivity index is 1.41. The number of rotatable bonds is 6. The van der Waals surface area contributed by atoms with Crippen molar-refractivity contribution in [3.8, 4) is 11.5 Å². The molecule has 7 rings (SSSR count). The van der Waals surface area contributed by atoms with E-state index in [0.29, 0.717) is 15.9 Å². The molecule has 5 aromatic rings. The highest BCUT2D eigenvalue weighted by Crippen LogP contribution is 2.41. The van der Waals surface area contributed by atoms with E-state index in [1.54, 1.807) is 7.11 Å². The van der Waals surface area contributed by atoms with Crippen LogP contribution in [-0.4, -0.2) is 11.7 Å². The second kappa shape index (κ2) is 12.0. The summed E-state index contributed by atoms with van der Waals surface area (Å²) in [7, 11) is 1.67. The van der Waals surface area contributed by atoms with Gasteiger partial charge in [-0.05, 0) is 111 Å². The third-order valence-corrected chi connectivity index (χ3v) is 10.2. The summed E-state index contributed by atoms with van der Waals surface area (Å²) in [6.45, 7) is 0.446. The van der Waals surface area contributed by atoms with Crippen LogP contribution < -0.4 is 24.4 Å². The first-order chi connectivity index (χ1) is 21.0. The Labute approximate surface area is 280 Å². The smallest absolute Gasteiger partial charge is 0.271 e. The molecule has 0 fully saturated rings. The normalized spacial score (nSPS) is 15.8. The summed E-state index contributed by atoms with van der Waals surface area (Å²) in [5, 5.41) is 0. The van der Waals surface area contributed by atoms with Crippen LogP contribution in [0.2, 0.25) is 0 Å². The van der Waals surface area contributed by atoms with E-state index >= 15 is 0 Å². The van der Waals surface area contributed by atoms with E-state index in [1.165, 1.54) is 22.5 Å². The molecular weight excluding hydrogens is 782 g/mol. The molecule has 8 heteroatoms. The first-order valence-electron chi connectivity index (χ1n) is 13.9. The number of methoxy groups -OCH3 is 1. The summed E-state index contributed by atoms with van der Waals surface area (Å²) < 4.78 is 16.5. The minimum Gasteiger partial charge on any atom is -0.497 e. The van der Waals surface area contributed by atoms with Crippen molar-refractivity contribution in [1.29, 1.82) is 0 Å². The number of aromatic nitrogens is 1. The lowest BCUT2D eigenvalue weighted by atomic mass is 9.83. The lowest BCUT2D eigenvalue weighted by Crippen LogP contribution is -2.38. The third kappa shape index (κ3) is 5.49. The van der Waals surface area contributed by atoms with Crippen molar-refractivity contribution < 1.29 is 9.47 Å². The van der Waals surface area contributed by atoms with Gasteiger partial charge in [0.1, 0.15) is 18.1 Å². The number of thiazole rings is 1. The lowest BCUT2D eigenvalue weighted by molar-refractivity contribution is 0.303. The summed E-state index contributed by atoms with van der Waals surface area (Å²) in [6.07, 6.45) is 3.72. The highest BCUT2D eigenvalue weighted by molar-refractivity contribution is 14.1. The van der Waals surface area contributed by atoms with E-state index in [-0.39, 0.29) is 11.6 Å². The molecule has 2 aliphatic rings. The summed E-state index contributed by atoms with van der Waals surface area (Å²) in [5.41, 5.74) is 7.53. The van der Waals surface area contributed by atoms with Crippen molar-refractivity contribution in [2.45, 2.75) is 25.5 Å². The van der Waals surface area contributed by atoms with Crippen LogP contribution in [0.25, 0.3) is 11.8 Å². The Morgan fingerprint density at radius 2 is 1.79 bits per heavy atom. The van der Waals surface area contributed by atoms with Gasteiger partial charge in [0.2, 0.25) is 0 Å². The van der Waals surface area contributed by atoms with Crippen LogP contribution in [0.3, 0.4) is 0 Å². The monoisotopic (exact) mass is 808 g/mol. The maximum atomic E-state index is 14.3. The number of ether oxygens (including phenoxy) is 2. The Bertz CT molecular complexity index is 2080. The van der Waals surface area contributed by atoms with Crippen LogP contribution >= 0.6 is 56.5 Å². The van der Waals surface area contributed by atoms with Gasteiger partial charge in [-0.25, -0.2) is 4.99 Å². The van der Waals surface area contributed by atoms with Crippen molar-refractivity contribution in [1.82, 2.24) is 4.57 Å². The predicted octanol–water partition coefficient (Wildman–Crippen LogP) is 7.12. The van der Waals surface area contributed by atoms with Crippen LogP contribution in [0.1, 0.15) is 40.3 Å². The quantitative estimate of drug-likeness (QED) is 0.172. The van der Waals surface area contributed by atoms with Crippen molar-refractivity contribution in [2.75, 3.05) is 7.11 Å². The van der Waals surface area contributed by atoms with Gasteiger partial charge in [0, 0.05) is 14.7 Å². The lowest BCUT2D eigenvalue weighted by Gasteiger charge is -2.31. The van der Waals surface area contributed by atoms with Crippen molar-refractivity contribution in [2.24, 2.45) is 4.99 Å².